The van der Waals surface area contributed by atoms with Crippen molar-refractivity contribution in [2.24, 2.45) is 0 Å². The Balaban J connectivity index is 7.41. The van der Waals surface area contributed by atoms with Gasteiger partial charge in [-0.2, -0.15) is 110 Å². The predicted octanol–water partition coefficient (Wildman–Crippen LogP) is 9.19. The predicted molar refractivity (Wildman–Crippen MR) is 74.3 cm³/mol. The fourth-order valence-electron chi connectivity index (χ4n) is 2.13. The summed E-state index contributed by atoms with van der Waals surface area (Å²) in [5.74, 6) is -93.9. The minimum Gasteiger partial charge on any atom is -0.247 e. The topological polar surface area (TPSA) is 0 Å². The third-order valence-corrected chi connectivity index (χ3v) is 6.39. The van der Waals surface area contributed by atoms with Gasteiger partial charge < -0.3 is 0 Å². The minimum absolute atomic E-state index is 3.31. The zero-order valence-corrected chi connectivity index (χ0v) is 18.8. The summed E-state index contributed by atoms with van der Waals surface area (Å²) in [7, 11) is -8.93. The summed E-state index contributed by atoms with van der Waals surface area (Å²) in [5.41, 5.74) is -8.18. The fourth-order valence-corrected chi connectivity index (χ4v) is 3.00. The quantitative estimate of drug-likeness (QED) is 0.114. The smallest absolute Gasteiger partial charge is 0.247 e. The van der Waals surface area contributed by atoms with E-state index in [9.17, 15) is 118 Å². The molecule has 0 aliphatic heterocycles. The van der Waals surface area contributed by atoms with E-state index in [4.69, 9.17) is 0 Å². The molecule has 0 atom stereocenters. The van der Waals surface area contributed by atoms with Crippen molar-refractivity contribution in [1.29, 1.82) is 0 Å². The highest BCUT2D eigenvalue weighted by molar-refractivity contribution is 7.13. The van der Waals surface area contributed by atoms with Gasteiger partial charge in [0, 0.05) is 0 Å². The van der Waals surface area contributed by atoms with E-state index >= 15 is 0 Å². The van der Waals surface area contributed by atoms with Gasteiger partial charge >= 0.3 is 79.0 Å². The number of hydrogen-bond donors (Lipinski definition) is 0. The average Bonchev–Trinajstić information content (AvgIpc) is 2.70. The van der Waals surface area contributed by atoms with Crippen LogP contribution in [0.2, 0.25) is 0 Å². The Bertz CT molecular complexity index is 890. The Hall–Kier alpha value is -1.38. The van der Waals surface area contributed by atoms with Crippen LogP contribution in [-0.4, -0.2) is 79.0 Å². The first-order chi connectivity index (χ1) is 17.0. The summed E-state index contributed by atoms with van der Waals surface area (Å²) in [6, 6.07) is 0. The van der Waals surface area contributed by atoms with Crippen molar-refractivity contribution >= 4 is 19.1 Å². The number of rotatable bonds is 11. The first kappa shape index (κ1) is 39.6. The van der Waals surface area contributed by atoms with Gasteiger partial charge in [-0.25, -0.2) is 8.22 Å². The summed E-state index contributed by atoms with van der Waals surface area (Å²) in [5, 5.41) is 0. The molecule has 41 heavy (non-hydrogen) atoms. The molecule has 0 aliphatic carbocycles. The molecule has 29 heteroatoms. The van der Waals surface area contributed by atoms with Gasteiger partial charge in [0.05, 0.1) is 0 Å². The van der Waals surface area contributed by atoms with Gasteiger partial charge in [0.15, 0.2) is 0 Å². The highest BCUT2D eigenvalue weighted by atomic mass is 35.6. The van der Waals surface area contributed by atoms with Crippen molar-refractivity contribution in [2.75, 3.05) is 0 Å². The van der Waals surface area contributed by atoms with Crippen LogP contribution < -0.4 is 0 Å². The van der Waals surface area contributed by atoms with E-state index in [1.54, 1.807) is 0 Å². The van der Waals surface area contributed by atoms with Crippen LogP contribution in [0, 0.1) is 0 Å². The molecule has 0 aliphatic rings. The van der Waals surface area contributed by atoms with E-state index < -0.39 is 79.0 Å². The van der Waals surface area contributed by atoms with Crippen LogP contribution in [0.1, 0.15) is 0 Å². The largest absolute Gasteiger partial charge is 0.597 e. The van der Waals surface area contributed by atoms with Crippen molar-refractivity contribution in [3.63, 3.8) is 0 Å². The lowest BCUT2D eigenvalue weighted by molar-refractivity contribution is -0.481. The normalized spacial score (nSPS) is 17.3. The highest BCUT2D eigenvalue weighted by Crippen LogP contribution is 2.68. The van der Waals surface area contributed by atoms with Crippen LogP contribution in [-0.2, 0) is 0 Å². The second-order valence-corrected chi connectivity index (χ2v) is 10.4. The maximum Gasteiger partial charge on any atom is 0.597 e. The number of halogens is 28. The molecule has 0 unspecified atom stereocenters. The first-order valence-electron chi connectivity index (χ1n) is 8.29. The average molecular weight is 721 g/mol. The van der Waals surface area contributed by atoms with Crippen LogP contribution in [0.4, 0.5) is 118 Å². The summed E-state index contributed by atoms with van der Waals surface area (Å²) in [6.07, 6.45) is -8.22. The van der Waals surface area contributed by atoms with Gasteiger partial charge in [-0.15, -0.1) is 0 Å². The van der Waals surface area contributed by atoms with E-state index in [1.807, 2.05) is 0 Å². The van der Waals surface area contributed by atoms with E-state index in [1.165, 1.54) is 0 Å². The molecule has 248 valence electrons. The lowest BCUT2D eigenvalue weighted by atomic mass is 9.85. The van der Waals surface area contributed by atoms with E-state index in [0.717, 1.165) is 0 Å². The number of alkyl halides is 25. The standard InChI is InChI=1S/C12ClF27Si/c13-41(39,40)12(37,38)10(32,33)8(28,29)6(24,25)4(20,21)2(16,17)1(14,15)3(18,19)5(22,23)7(26,27)9(30,31)11(34,35)36. The lowest BCUT2D eigenvalue weighted by Gasteiger charge is -2.45. The van der Waals surface area contributed by atoms with E-state index in [2.05, 4.69) is 11.1 Å². The number of hydrogen-bond acceptors (Lipinski definition) is 0. The highest BCUT2D eigenvalue weighted by Gasteiger charge is 3.00. The van der Waals surface area contributed by atoms with Crippen molar-refractivity contribution < 1.29 is 118 Å². The van der Waals surface area contributed by atoms with Gasteiger partial charge in [-0.1, -0.05) is 11.1 Å². The van der Waals surface area contributed by atoms with Gasteiger partial charge in [0.2, 0.25) is 0 Å². The van der Waals surface area contributed by atoms with Crippen LogP contribution in [0.25, 0.3) is 0 Å². The molecule has 0 aromatic carbocycles. The molecule has 0 rings (SSSR count). The third-order valence-electron chi connectivity index (χ3n) is 4.66. The Morgan fingerprint density at radius 2 is 0.415 bits per heavy atom. The second kappa shape index (κ2) is 9.31. The Kier molecular flexibility index (Phi) is 8.99. The summed E-state index contributed by atoms with van der Waals surface area (Å²) >= 11 is 3.31. The SMILES string of the molecule is FC(F)(F)C(F)(F)C(F)(F)C(F)(F)C(F)(F)C(F)(F)C(F)(F)C(F)(F)C(F)(F)C(F)(F)C(F)(F)C(F)(F)[Si](F)(F)Cl. The summed E-state index contributed by atoms with van der Waals surface area (Å²) in [6.45, 7) is 0. The molecule has 0 nitrogen and oxygen atoms in total. The molecule has 0 aromatic rings. The maximum absolute atomic E-state index is 13.5. The molecule has 0 amide bonds. The van der Waals surface area contributed by atoms with Gasteiger partial charge in [-0.05, 0) is 0 Å². The van der Waals surface area contributed by atoms with Crippen LogP contribution in [0.5, 0.6) is 0 Å². The van der Waals surface area contributed by atoms with Crippen LogP contribution in [0.15, 0.2) is 0 Å². The molecular weight excluding hydrogens is 721 g/mol. The molecule has 0 radical (unpaired) electrons. The summed E-state index contributed by atoms with van der Waals surface area (Å²) < 4.78 is 352. The van der Waals surface area contributed by atoms with Crippen molar-refractivity contribution in [3.05, 3.63) is 0 Å². The summed E-state index contributed by atoms with van der Waals surface area (Å²) in [4.78, 5) is 0. The van der Waals surface area contributed by atoms with Crippen LogP contribution in [0.3, 0.4) is 0 Å². The Labute approximate surface area is 209 Å². The second-order valence-electron chi connectivity index (χ2n) is 7.31. The molecular formula is C12ClF27Si. The van der Waals surface area contributed by atoms with Gasteiger partial charge in [-0.3, -0.25) is 0 Å². The van der Waals surface area contributed by atoms with E-state index in [-0.39, 0.29) is 0 Å². The zero-order chi connectivity index (χ0) is 34.5. The molecule has 0 heterocycles. The monoisotopic (exact) mass is 720 g/mol. The molecule has 0 bridgehead atoms. The molecule has 0 fully saturated rings. The Morgan fingerprint density at radius 1 is 0.268 bits per heavy atom. The molecule has 0 saturated carbocycles. The third kappa shape index (κ3) is 4.55. The Morgan fingerprint density at radius 3 is 0.561 bits per heavy atom. The molecule has 0 saturated heterocycles. The minimum atomic E-state index is -9.75. The van der Waals surface area contributed by atoms with Crippen molar-refractivity contribution in [3.8, 4) is 0 Å². The van der Waals surface area contributed by atoms with Gasteiger partial charge in [0.25, 0.3) is 0 Å². The van der Waals surface area contributed by atoms with Crippen molar-refractivity contribution in [2.45, 2.75) is 70.9 Å². The first-order valence-corrected chi connectivity index (χ1v) is 11.1. The van der Waals surface area contributed by atoms with E-state index in [0.29, 0.717) is 0 Å². The molecule has 0 aromatic heterocycles. The van der Waals surface area contributed by atoms with Gasteiger partial charge in [0.1, 0.15) is 0 Å². The fraction of sp³-hybridized carbons (Fsp3) is 1.00. The zero-order valence-electron chi connectivity index (χ0n) is 17.1. The maximum atomic E-state index is 13.5. The van der Waals surface area contributed by atoms with Crippen molar-refractivity contribution in [1.82, 2.24) is 0 Å². The molecule has 0 spiro atoms. The van der Waals surface area contributed by atoms with Crippen LogP contribution >= 0.6 is 11.1 Å². The lowest BCUT2D eigenvalue weighted by Crippen LogP contribution is -2.78. The molecule has 0 N–H and O–H groups in total.